The number of allylic oxidation sites excluding steroid dienone is 5. The molecule has 348 valence electrons. The second-order valence-electron chi connectivity index (χ2n) is 22.6. The standard InChI is InChI=1S/C53H77FN2O6S/c1-9-61-46(57)42-34-63(59,60)32-31-56(42)30-29-55-53-26-19-39(36(2)3)45(53)41-15-16-44-49(6)22-20-40(48(4,5)43(49)21-23-51(44,8)50(41,7)27-28-53)38-17-24-52(35-54,25-18-38)47(58)62-33-37-13-11-10-12-14-37/h10-14,17,20,39,41-45,55H,2,9,15-16,18-19,21-35H2,1,3-8H3/t39-,41+,42?,43-,44+,45+,49-,50+,51+,52?,53-/m0/s1. The van der Waals surface area contributed by atoms with E-state index < -0.39 is 39.9 Å². The second-order valence-corrected chi connectivity index (χ2v) is 24.9. The first-order chi connectivity index (χ1) is 29.8. The van der Waals surface area contributed by atoms with Gasteiger partial charge in [0.15, 0.2) is 9.84 Å². The summed E-state index contributed by atoms with van der Waals surface area (Å²) in [7, 11) is -3.29. The predicted octanol–water partition coefficient (Wildman–Crippen LogP) is 9.99. The number of esters is 2. The molecule has 0 radical (unpaired) electrons. The van der Waals surface area contributed by atoms with Crippen LogP contribution in [0.5, 0.6) is 0 Å². The van der Waals surface area contributed by atoms with Crippen LogP contribution in [-0.4, -0.2) is 81.3 Å². The number of carbonyl (C=O) groups excluding carboxylic acids is 2. The number of ether oxygens (including phenoxy) is 2. The molecule has 7 aliphatic rings. The summed E-state index contributed by atoms with van der Waals surface area (Å²) in [6.07, 6.45) is 16.8. The molecule has 0 bridgehead atoms. The van der Waals surface area contributed by atoms with Crippen LogP contribution in [0.4, 0.5) is 4.39 Å². The van der Waals surface area contributed by atoms with Crippen molar-refractivity contribution in [3.63, 3.8) is 0 Å². The normalized spacial score (nSPS) is 40.5. The van der Waals surface area contributed by atoms with Gasteiger partial charge in [-0.2, -0.15) is 0 Å². The quantitative estimate of drug-likeness (QED) is 0.164. The molecular weight excluding hydrogens is 812 g/mol. The zero-order valence-electron chi connectivity index (χ0n) is 39.5. The molecule has 10 heteroatoms. The molecule has 0 spiro atoms. The summed E-state index contributed by atoms with van der Waals surface area (Å²) < 4.78 is 51.1. The van der Waals surface area contributed by atoms with E-state index in [0.717, 1.165) is 31.2 Å². The second kappa shape index (κ2) is 17.1. The van der Waals surface area contributed by atoms with E-state index >= 15 is 0 Å². The first-order valence-corrected chi connectivity index (χ1v) is 26.3. The Labute approximate surface area is 378 Å². The third kappa shape index (κ3) is 7.83. The number of alkyl halides is 1. The van der Waals surface area contributed by atoms with Crippen LogP contribution in [0.15, 0.2) is 65.8 Å². The van der Waals surface area contributed by atoms with Gasteiger partial charge >= 0.3 is 11.9 Å². The maximum absolute atomic E-state index is 14.8. The molecule has 0 aromatic heterocycles. The molecule has 8 nitrogen and oxygen atoms in total. The van der Waals surface area contributed by atoms with Crippen molar-refractivity contribution in [3.8, 4) is 0 Å². The highest BCUT2D eigenvalue weighted by molar-refractivity contribution is 7.91. The van der Waals surface area contributed by atoms with Gasteiger partial charge in [-0.15, -0.1) is 0 Å². The van der Waals surface area contributed by atoms with E-state index in [0.29, 0.717) is 68.5 Å². The summed E-state index contributed by atoms with van der Waals surface area (Å²) in [6, 6.07) is 8.89. The van der Waals surface area contributed by atoms with E-state index in [9.17, 15) is 22.4 Å². The Balaban J connectivity index is 0.993. The molecular formula is C53H77FN2O6S. The summed E-state index contributed by atoms with van der Waals surface area (Å²) in [6.45, 7) is 22.9. The average molecular weight is 889 g/mol. The molecule has 63 heavy (non-hydrogen) atoms. The van der Waals surface area contributed by atoms with Crippen molar-refractivity contribution in [2.24, 2.45) is 56.7 Å². The van der Waals surface area contributed by atoms with Crippen LogP contribution in [0, 0.1) is 56.7 Å². The average Bonchev–Trinajstić information content (AvgIpc) is 3.64. The van der Waals surface area contributed by atoms with Crippen LogP contribution in [0.25, 0.3) is 0 Å². The predicted molar refractivity (Wildman–Crippen MR) is 248 cm³/mol. The number of hydrogen-bond donors (Lipinski definition) is 1. The minimum Gasteiger partial charge on any atom is -0.465 e. The van der Waals surface area contributed by atoms with Gasteiger partial charge in [0, 0.05) is 25.2 Å². The van der Waals surface area contributed by atoms with E-state index in [2.05, 4.69) is 65.6 Å². The van der Waals surface area contributed by atoms with Crippen molar-refractivity contribution in [2.75, 3.05) is 44.4 Å². The maximum Gasteiger partial charge on any atom is 0.324 e. The van der Waals surface area contributed by atoms with E-state index in [4.69, 9.17) is 9.47 Å². The fraction of sp³-hybridized carbons (Fsp3) is 0.736. The van der Waals surface area contributed by atoms with Crippen molar-refractivity contribution in [1.29, 1.82) is 0 Å². The number of hydrogen-bond acceptors (Lipinski definition) is 8. The maximum atomic E-state index is 14.8. The van der Waals surface area contributed by atoms with Crippen LogP contribution in [0.1, 0.15) is 131 Å². The number of benzene rings is 1. The van der Waals surface area contributed by atoms with Crippen molar-refractivity contribution in [2.45, 2.75) is 144 Å². The number of rotatable bonds is 12. The van der Waals surface area contributed by atoms with Gasteiger partial charge in [-0.3, -0.25) is 14.5 Å². The van der Waals surface area contributed by atoms with Crippen molar-refractivity contribution in [1.82, 2.24) is 10.2 Å². The van der Waals surface area contributed by atoms with Crippen LogP contribution in [0.3, 0.4) is 0 Å². The smallest absolute Gasteiger partial charge is 0.324 e. The lowest BCUT2D eigenvalue weighted by molar-refractivity contribution is -0.221. The monoisotopic (exact) mass is 889 g/mol. The van der Waals surface area contributed by atoms with Gasteiger partial charge in [0.1, 0.15) is 19.3 Å². The molecule has 1 aromatic carbocycles. The van der Waals surface area contributed by atoms with E-state index in [-0.39, 0.29) is 51.9 Å². The summed E-state index contributed by atoms with van der Waals surface area (Å²) >= 11 is 0. The number of carbonyl (C=O) groups is 2. The van der Waals surface area contributed by atoms with Crippen LogP contribution in [0.2, 0.25) is 0 Å². The molecule has 1 aromatic rings. The van der Waals surface area contributed by atoms with Gasteiger partial charge in [-0.1, -0.05) is 89.3 Å². The Morgan fingerprint density at radius 1 is 0.905 bits per heavy atom. The number of nitrogens with one attached hydrogen (secondary N) is 1. The van der Waals surface area contributed by atoms with E-state index in [1.807, 2.05) is 35.2 Å². The van der Waals surface area contributed by atoms with Gasteiger partial charge in [-0.05, 0) is 159 Å². The Kier molecular flexibility index (Phi) is 12.7. The summed E-state index contributed by atoms with van der Waals surface area (Å²) in [4.78, 5) is 28.4. The first kappa shape index (κ1) is 46.7. The lowest BCUT2D eigenvalue weighted by Gasteiger charge is -2.72. The van der Waals surface area contributed by atoms with Crippen molar-refractivity contribution >= 4 is 21.8 Å². The Morgan fingerprint density at radius 2 is 1.67 bits per heavy atom. The fourth-order valence-electron chi connectivity index (χ4n) is 16.0. The van der Waals surface area contributed by atoms with Crippen LogP contribution < -0.4 is 5.32 Å². The van der Waals surface area contributed by atoms with Gasteiger partial charge < -0.3 is 14.8 Å². The lowest BCUT2D eigenvalue weighted by Crippen LogP contribution is -2.68. The number of fused-ring (bicyclic) bond motifs is 7. The van der Waals surface area contributed by atoms with E-state index in [1.54, 1.807) is 6.92 Å². The number of nitrogens with zero attached hydrogens (tertiary/aromatic N) is 1. The highest BCUT2D eigenvalue weighted by Gasteiger charge is 2.70. The van der Waals surface area contributed by atoms with Gasteiger partial charge in [0.05, 0.1) is 23.5 Å². The third-order valence-corrected chi connectivity index (χ3v) is 21.1. The first-order valence-electron chi connectivity index (χ1n) is 24.5. The SMILES string of the molecule is C=C(C)[C@@H]1CC[C@]2(NCCN3CCS(=O)(=O)CC3C(=O)OCC)CC[C@]3(C)[C@H](CC[C@@H]4[C@@]5(C)CC=C(C6=CCC(CF)(C(=O)OCc7ccccc7)CC6)C(C)(C)[C@@H]5CC[C@]43C)[C@@H]12. The van der Waals surface area contributed by atoms with Gasteiger partial charge in [-0.25, -0.2) is 12.8 Å². The van der Waals surface area contributed by atoms with E-state index in [1.165, 1.54) is 48.8 Å². The molecule has 6 aliphatic carbocycles. The number of sulfone groups is 1. The molecule has 2 unspecified atom stereocenters. The third-order valence-electron chi connectivity index (χ3n) is 19.5. The summed E-state index contributed by atoms with van der Waals surface area (Å²) in [5.74, 6) is 1.70. The fourth-order valence-corrected chi connectivity index (χ4v) is 17.5. The Morgan fingerprint density at radius 3 is 2.35 bits per heavy atom. The molecule has 5 fully saturated rings. The van der Waals surface area contributed by atoms with Crippen LogP contribution in [-0.2, 0) is 35.5 Å². The zero-order chi connectivity index (χ0) is 45.2. The summed E-state index contributed by atoms with van der Waals surface area (Å²) in [5.41, 5.74) is 4.29. The van der Waals surface area contributed by atoms with Gasteiger partial charge in [0.2, 0.25) is 0 Å². The largest absolute Gasteiger partial charge is 0.465 e. The van der Waals surface area contributed by atoms with Crippen molar-refractivity contribution in [3.05, 3.63) is 71.3 Å². The molecule has 11 atom stereocenters. The molecule has 1 N–H and O–H groups in total. The highest BCUT2D eigenvalue weighted by Crippen LogP contribution is 2.76. The van der Waals surface area contributed by atoms with Crippen LogP contribution >= 0.6 is 0 Å². The molecule has 0 amide bonds. The Bertz CT molecular complexity index is 2100. The summed E-state index contributed by atoms with van der Waals surface area (Å²) in [5, 5.41) is 4.16. The highest BCUT2D eigenvalue weighted by atomic mass is 32.2. The molecule has 8 rings (SSSR count). The molecule has 1 aliphatic heterocycles. The number of halogens is 1. The molecule has 1 saturated heterocycles. The minimum atomic E-state index is -3.29. The lowest BCUT2D eigenvalue weighted by atomic mass is 9.33. The topological polar surface area (TPSA) is 102 Å². The minimum absolute atomic E-state index is 0.00403. The molecule has 4 saturated carbocycles. The van der Waals surface area contributed by atoms with Gasteiger partial charge in [0.25, 0.3) is 0 Å². The zero-order valence-corrected chi connectivity index (χ0v) is 40.4. The molecule has 1 heterocycles. The Hall–Kier alpha value is -2.82. The van der Waals surface area contributed by atoms with Crippen molar-refractivity contribution < 1.29 is 31.9 Å².